The summed E-state index contributed by atoms with van der Waals surface area (Å²) in [5.74, 6) is -1.33. The molecule has 0 unspecified atom stereocenters. The van der Waals surface area contributed by atoms with Crippen molar-refractivity contribution in [1.82, 2.24) is 9.97 Å². The van der Waals surface area contributed by atoms with E-state index in [1.165, 1.54) is 0 Å². The summed E-state index contributed by atoms with van der Waals surface area (Å²) < 4.78 is 0. The number of hydrogen-bond acceptors (Lipinski definition) is 4. The van der Waals surface area contributed by atoms with E-state index in [1.807, 2.05) is 60.7 Å². The fourth-order valence-corrected chi connectivity index (χ4v) is 3.80. The Hall–Kier alpha value is -3.68. The van der Waals surface area contributed by atoms with Crippen molar-refractivity contribution in [3.05, 3.63) is 92.3 Å². The van der Waals surface area contributed by atoms with Crippen molar-refractivity contribution in [2.24, 2.45) is 0 Å². The number of fused-ring (bicyclic) bond motifs is 2. The van der Waals surface area contributed by atoms with E-state index in [-0.39, 0.29) is 0 Å². The van der Waals surface area contributed by atoms with Crippen molar-refractivity contribution in [2.45, 2.75) is 11.8 Å². The smallest absolute Gasteiger partial charge is 0.213 e. The Balaban J connectivity index is 1.83. The van der Waals surface area contributed by atoms with Gasteiger partial charge in [0.05, 0.1) is 11.8 Å². The zero-order chi connectivity index (χ0) is 19.7. The number of benzene rings is 2. The number of nitrogens with one attached hydrogen (secondary N) is 2. The molecule has 4 rings (SSSR count). The van der Waals surface area contributed by atoms with Crippen molar-refractivity contribution in [3.8, 4) is 0 Å². The third-order valence-corrected chi connectivity index (χ3v) is 5.08. The number of aromatic nitrogens is 2. The van der Waals surface area contributed by atoms with E-state index in [9.17, 15) is 20.2 Å². The normalized spacial score (nSPS) is 13.6. The summed E-state index contributed by atoms with van der Waals surface area (Å²) in [6, 6.07) is 18.8. The Labute approximate surface area is 159 Å². The van der Waals surface area contributed by atoms with Gasteiger partial charge in [0.25, 0.3) is 0 Å². The second-order valence-electron chi connectivity index (χ2n) is 6.87. The van der Waals surface area contributed by atoms with Gasteiger partial charge >= 0.3 is 0 Å². The van der Waals surface area contributed by atoms with Gasteiger partial charge in [-0.15, -0.1) is 0 Å². The number of nitro groups is 2. The van der Waals surface area contributed by atoms with Crippen LogP contribution in [0.1, 0.15) is 23.2 Å². The highest BCUT2D eigenvalue weighted by Crippen LogP contribution is 2.35. The number of aromatic amines is 2. The summed E-state index contributed by atoms with van der Waals surface area (Å²) in [5, 5.41) is 24.6. The standard InChI is InChI=1S/C20H18N4O4/c25-23(26)11-15(19-9-13-5-1-3-7-17(13)21-19)16(12-24(27)28)20-10-14-6-2-4-8-18(14)22-20/h1-10,15-16,21-22H,11-12H2/t15-,16-/m0/s1. The molecule has 0 aliphatic rings. The predicted molar refractivity (Wildman–Crippen MR) is 106 cm³/mol. The number of H-pyrrole nitrogens is 2. The average molecular weight is 378 g/mol. The molecule has 2 atom stereocenters. The van der Waals surface area contributed by atoms with E-state index in [4.69, 9.17) is 0 Å². The summed E-state index contributed by atoms with van der Waals surface area (Å²) in [6.07, 6.45) is 0. The van der Waals surface area contributed by atoms with E-state index >= 15 is 0 Å². The van der Waals surface area contributed by atoms with Crippen LogP contribution in [0, 0.1) is 20.2 Å². The second kappa shape index (κ2) is 7.15. The van der Waals surface area contributed by atoms with Gasteiger partial charge in [-0.1, -0.05) is 36.4 Å². The SMILES string of the molecule is O=[N+]([O-])C[C@H](c1cc2ccccc2[nH]1)[C@H](C[N+](=O)[O-])c1cc2ccccc2[nH]1. The molecule has 0 saturated heterocycles. The zero-order valence-corrected chi connectivity index (χ0v) is 14.9. The van der Waals surface area contributed by atoms with Crippen LogP contribution in [0.15, 0.2) is 60.7 Å². The first-order chi connectivity index (χ1) is 13.5. The maximum absolute atomic E-state index is 11.4. The van der Waals surface area contributed by atoms with Crippen LogP contribution in [-0.2, 0) is 0 Å². The van der Waals surface area contributed by atoms with Crippen LogP contribution in [-0.4, -0.2) is 32.9 Å². The molecule has 2 N–H and O–H groups in total. The topological polar surface area (TPSA) is 118 Å². The van der Waals surface area contributed by atoms with Gasteiger partial charge in [0, 0.05) is 32.3 Å². The number of nitrogens with zero attached hydrogens (tertiary/aromatic N) is 2. The molecule has 0 spiro atoms. The Morgan fingerprint density at radius 3 is 1.46 bits per heavy atom. The quantitative estimate of drug-likeness (QED) is 0.372. The Morgan fingerprint density at radius 2 is 1.11 bits per heavy atom. The maximum Gasteiger partial charge on any atom is 0.213 e. The lowest BCUT2D eigenvalue weighted by atomic mass is 9.86. The van der Waals surface area contributed by atoms with Crippen LogP contribution in [0.2, 0.25) is 0 Å². The molecule has 0 amide bonds. The van der Waals surface area contributed by atoms with Crippen molar-refractivity contribution >= 4 is 21.8 Å². The van der Waals surface area contributed by atoms with Crippen LogP contribution in [0.3, 0.4) is 0 Å². The van der Waals surface area contributed by atoms with Crippen molar-refractivity contribution in [1.29, 1.82) is 0 Å². The molecule has 0 bridgehead atoms. The summed E-state index contributed by atoms with van der Waals surface area (Å²) in [6.45, 7) is -0.804. The van der Waals surface area contributed by atoms with Crippen molar-refractivity contribution in [2.75, 3.05) is 13.1 Å². The minimum absolute atomic E-state index is 0.402. The summed E-state index contributed by atoms with van der Waals surface area (Å²) in [5.41, 5.74) is 2.96. The summed E-state index contributed by atoms with van der Waals surface area (Å²) in [7, 11) is 0. The van der Waals surface area contributed by atoms with E-state index in [0.29, 0.717) is 11.4 Å². The minimum Gasteiger partial charge on any atom is -0.358 e. The molecule has 8 heteroatoms. The van der Waals surface area contributed by atoms with Crippen LogP contribution in [0.25, 0.3) is 21.8 Å². The molecule has 0 aliphatic carbocycles. The molecule has 8 nitrogen and oxygen atoms in total. The van der Waals surface area contributed by atoms with Crippen LogP contribution < -0.4 is 0 Å². The monoisotopic (exact) mass is 378 g/mol. The largest absolute Gasteiger partial charge is 0.358 e. The lowest BCUT2D eigenvalue weighted by Gasteiger charge is -2.19. The molecule has 2 aromatic heterocycles. The molecule has 0 fully saturated rings. The number of hydrogen-bond donors (Lipinski definition) is 2. The van der Waals surface area contributed by atoms with Gasteiger partial charge in [-0.2, -0.15) is 0 Å². The van der Waals surface area contributed by atoms with Gasteiger partial charge in [-0.05, 0) is 35.0 Å². The van der Waals surface area contributed by atoms with E-state index in [0.717, 1.165) is 21.8 Å². The Morgan fingerprint density at radius 1 is 0.714 bits per heavy atom. The molecular weight excluding hydrogens is 360 g/mol. The average Bonchev–Trinajstić information content (AvgIpc) is 3.27. The minimum atomic E-state index is -0.666. The molecule has 142 valence electrons. The fraction of sp³-hybridized carbons (Fsp3) is 0.200. The maximum atomic E-state index is 11.4. The Kier molecular flexibility index (Phi) is 4.52. The highest BCUT2D eigenvalue weighted by Gasteiger charge is 2.35. The van der Waals surface area contributed by atoms with Crippen molar-refractivity contribution in [3.63, 3.8) is 0 Å². The predicted octanol–water partition coefficient (Wildman–Crippen LogP) is 4.07. The van der Waals surface area contributed by atoms with E-state index in [2.05, 4.69) is 9.97 Å². The molecular formula is C20H18N4O4. The summed E-state index contributed by atoms with van der Waals surface area (Å²) in [4.78, 5) is 28.4. The number of para-hydroxylation sites is 2. The molecule has 4 aromatic rings. The first kappa shape index (κ1) is 17.7. The fourth-order valence-electron chi connectivity index (χ4n) is 3.80. The first-order valence-corrected chi connectivity index (χ1v) is 8.90. The van der Waals surface area contributed by atoms with E-state index < -0.39 is 34.8 Å². The van der Waals surface area contributed by atoms with Gasteiger partial charge in [-0.3, -0.25) is 20.2 Å². The molecule has 0 aliphatic heterocycles. The van der Waals surface area contributed by atoms with E-state index in [1.54, 1.807) is 0 Å². The van der Waals surface area contributed by atoms with Gasteiger partial charge in [0.2, 0.25) is 13.1 Å². The molecule has 0 radical (unpaired) electrons. The highest BCUT2D eigenvalue weighted by atomic mass is 16.6. The van der Waals surface area contributed by atoms with Crippen molar-refractivity contribution < 1.29 is 9.85 Å². The van der Waals surface area contributed by atoms with Gasteiger partial charge in [-0.25, -0.2) is 0 Å². The summed E-state index contributed by atoms with van der Waals surface area (Å²) >= 11 is 0. The lowest BCUT2D eigenvalue weighted by Crippen LogP contribution is -2.26. The zero-order valence-electron chi connectivity index (χ0n) is 14.9. The molecule has 0 saturated carbocycles. The van der Waals surface area contributed by atoms with Crippen LogP contribution in [0.5, 0.6) is 0 Å². The third kappa shape index (κ3) is 3.44. The molecule has 2 aromatic carbocycles. The molecule has 2 heterocycles. The van der Waals surface area contributed by atoms with Crippen LogP contribution >= 0.6 is 0 Å². The van der Waals surface area contributed by atoms with Gasteiger partial charge in [0.15, 0.2) is 0 Å². The highest BCUT2D eigenvalue weighted by molar-refractivity contribution is 5.81. The van der Waals surface area contributed by atoms with Gasteiger partial charge in [0.1, 0.15) is 0 Å². The third-order valence-electron chi connectivity index (χ3n) is 5.08. The Bertz CT molecular complexity index is 1010. The van der Waals surface area contributed by atoms with Gasteiger partial charge < -0.3 is 9.97 Å². The number of rotatable bonds is 7. The van der Waals surface area contributed by atoms with Crippen LogP contribution in [0.4, 0.5) is 0 Å². The molecule has 28 heavy (non-hydrogen) atoms. The second-order valence-corrected chi connectivity index (χ2v) is 6.87. The lowest BCUT2D eigenvalue weighted by molar-refractivity contribution is -0.498. The first-order valence-electron chi connectivity index (χ1n) is 8.90.